The maximum absolute atomic E-state index is 12.2. The molecule has 1 aliphatic heterocycles. The molecule has 1 aliphatic rings. The Morgan fingerprint density at radius 1 is 1.22 bits per heavy atom. The van der Waals surface area contributed by atoms with Crippen molar-refractivity contribution in [3.05, 3.63) is 48.2 Å². The first-order valence-electron chi connectivity index (χ1n) is 7.96. The van der Waals surface area contributed by atoms with E-state index in [2.05, 4.69) is 17.6 Å². The number of piperidine rings is 1. The van der Waals surface area contributed by atoms with Crippen LogP contribution in [0, 0.1) is 5.41 Å². The second-order valence-corrected chi connectivity index (χ2v) is 6.28. The van der Waals surface area contributed by atoms with Crippen molar-refractivity contribution < 1.29 is 13.9 Å². The van der Waals surface area contributed by atoms with Crippen LogP contribution < -0.4 is 15.4 Å². The smallest absolute Gasteiger partial charge is 0.290 e. The monoisotopic (exact) mass is 314 g/mol. The van der Waals surface area contributed by atoms with E-state index in [1.807, 2.05) is 30.3 Å². The summed E-state index contributed by atoms with van der Waals surface area (Å²) >= 11 is 0. The number of carbonyl (C=O) groups excluding carboxylic acids is 1. The van der Waals surface area contributed by atoms with Crippen molar-refractivity contribution in [1.29, 1.82) is 0 Å². The van der Waals surface area contributed by atoms with Crippen LogP contribution in [0.15, 0.2) is 46.9 Å². The van der Waals surface area contributed by atoms with Crippen molar-refractivity contribution >= 4 is 5.91 Å². The van der Waals surface area contributed by atoms with Gasteiger partial charge in [-0.2, -0.15) is 0 Å². The van der Waals surface area contributed by atoms with Crippen LogP contribution in [0.1, 0.15) is 30.3 Å². The molecule has 0 aliphatic carbocycles. The van der Waals surface area contributed by atoms with Gasteiger partial charge in [-0.15, -0.1) is 0 Å². The van der Waals surface area contributed by atoms with E-state index in [0.29, 0.717) is 18.2 Å². The average Bonchev–Trinajstić information content (AvgIpc) is 3.03. The first-order chi connectivity index (χ1) is 11.1. The summed E-state index contributed by atoms with van der Waals surface area (Å²) in [5, 5.41) is 6.31. The van der Waals surface area contributed by atoms with Gasteiger partial charge in [0.2, 0.25) is 0 Å². The minimum atomic E-state index is -0.201. The Balaban J connectivity index is 1.56. The topological polar surface area (TPSA) is 63.5 Å². The van der Waals surface area contributed by atoms with Gasteiger partial charge in [-0.3, -0.25) is 4.79 Å². The Hall–Kier alpha value is -2.27. The molecule has 0 atom stereocenters. The highest BCUT2D eigenvalue weighted by atomic mass is 16.6. The fourth-order valence-electron chi connectivity index (χ4n) is 2.69. The molecule has 2 N–H and O–H groups in total. The normalized spacial score (nSPS) is 16.7. The number of para-hydroxylation sites is 1. The zero-order valence-corrected chi connectivity index (χ0v) is 13.3. The van der Waals surface area contributed by atoms with Crippen molar-refractivity contribution in [3.63, 3.8) is 0 Å². The third kappa shape index (κ3) is 4.13. The third-order valence-corrected chi connectivity index (χ3v) is 4.25. The summed E-state index contributed by atoms with van der Waals surface area (Å²) in [4.78, 5) is 12.2. The molecule has 1 amide bonds. The number of furan rings is 1. The first-order valence-corrected chi connectivity index (χ1v) is 7.96. The lowest BCUT2D eigenvalue weighted by atomic mass is 9.81. The lowest BCUT2D eigenvalue weighted by Gasteiger charge is -2.33. The van der Waals surface area contributed by atoms with E-state index in [4.69, 9.17) is 9.15 Å². The fraction of sp³-hybridized carbons (Fsp3) is 0.389. The van der Waals surface area contributed by atoms with Crippen LogP contribution in [0.2, 0.25) is 0 Å². The second-order valence-electron chi connectivity index (χ2n) is 6.28. The van der Waals surface area contributed by atoms with E-state index in [1.165, 1.54) is 0 Å². The van der Waals surface area contributed by atoms with Crippen LogP contribution in [-0.2, 0) is 0 Å². The maximum Gasteiger partial charge on any atom is 0.290 e. The molecule has 3 rings (SSSR count). The second kappa shape index (κ2) is 6.87. The Morgan fingerprint density at radius 2 is 1.96 bits per heavy atom. The minimum absolute atomic E-state index is 0.150. The summed E-state index contributed by atoms with van der Waals surface area (Å²) in [6.45, 7) is 4.87. The molecule has 0 saturated carbocycles. The molecular weight excluding hydrogens is 292 g/mol. The van der Waals surface area contributed by atoms with Crippen molar-refractivity contribution in [2.45, 2.75) is 19.8 Å². The third-order valence-electron chi connectivity index (χ3n) is 4.25. The molecule has 2 aromatic rings. The number of carbonyl (C=O) groups is 1. The predicted octanol–water partition coefficient (Wildman–Crippen LogP) is 3.19. The van der Waals surface area contributed by atoms with E-state index in [9.17, 15) is 4.79 Å². The Kier molecular flexibility index (Phi) is 4.67. The standard InChI is InChI=1S/C18H22N2O3/c1-18(9-11-19-12-10-18)13-20-17(21)15-7-8-16(23-15)22-14-5-3-2-4-6-14/h2-8,19H,9-13H2,1H3,(H,20,21). The van der Waals surface area contributed by atoms with Gasteiger partial charge in [0.15, 0.2) is 5.76 Å². The molecule has 1 saturated heterocycles. The van der Waals surface area contributed by atoms with Gasteiger partial charge in [0.1, 0.15) is 5.75 Å². The van der Waals surface area contributed by atoms with Gasteiger partial charge < -0.3 is 19.8 Å². The number of rotatable bonds is 5. The average molecular weight is 314 g/mol. The highest BCUT2D eigenvalue weighted by Gasteiger charge is 2.27. The van der Waals surface area contributed by atoms with Crippen LogP contribution in [0.5, 0.6) is 11.7 Å². The predicted molar refractivity (Wildman–Crippen MR) is 87.8 cm³/mol. The van der Waals surface area contributed by atoms with Gasteiger partial charge >= 0.3 is 0 Å². The Labute approximate surface area is 136 Å². The molecule has 0 unspecified atom stereocenters. The SMILES string of the molecule is CC1(CNC(=O)c2ccc(Oc3ccccc3)o2)CCNCC1. The number of hydrogen-bond donors (Lipinski definition) is 2. The molecule has 1 aromatic heterocycles. The summed E-state index contributed by atoms with van der Waals surface area (Å²) in [6, 6.07) is 12.6. The fourth-order valence-corrected chi connectivity index (χ4v) is 2.69. The summed E-state index contributed by atoms with van der Waals surface area (Å²) in [5.41, 5.74) is 0.150. The van der Waals surface area contributed by atoms with Gasteiger partial charge in [0.05, 0.1) is 0 Å². The van der Waals surface area contributed by atoms with Crippen molar-refractivity contribution in [2.75, 3.05) is 19.6 Å². The number of nitrogens with one attached hydrogen (secondary N) is 2. The number of benzene rings is 1. The molecule has 5 heteroatoms. The highest BCUT2D eigenvalue weighted by molar-refractivity contribution is 5.91. The Bertz CT molecular complexity index is 645. The quantitative estimate of drug-likeness (QED) is 0.889. The molecule has 1 fully saturated rings. The summed E-state index contributed by atoms with van der Waals surface area (Å²) in [5.74, 6) is 1.06. The summed E-state index contributed by atoms with van der Waals surface area (Å²) in [7, 11) is 0. The number of amides is 1. The maximum atomic E-state index is 12.2. The van der Waals surface area contributed by atoms with E-state index < -0.39 is 0 Å². The zero-order valence-electron chi connectivity index (χ0n) is 13.3. The lowest BCUT2D eigenvalue weighted by Crippen LogP contribution is -2.42. The van der Waals surface area contributed by atoms with Gasteiger partial charge in [-0.25, -0.2) is 0 Å². The van der Waals surface area contributed by atoms with Crippen molar-refractivity contribution in [2.24, 2.45) is 5.41 Å². The Morgan fingerprint density at radius 3 is 2.70 bits per heavy atom. The van der Waals surface area contributed by atoms with Crippen LogP contribution in [-0.4, -0.2) is 25.5 Å². The molecule has 5 nitrogen and oxygen atoms in total. The largest absolute Gasteiger partial charge is 0.426 e. The van der Waals surface area contributed by atoms with Crippen LogP contribution in [0.4, 0.5) is 0 Å². The lowest BCUT2D eigenvalue weighted by molar-refractivity contribution is 0.0889. The van der Waals surface area contributed by atoms with Crippen molar-refractivity contribution in [1.82, 2.24) is 10.6 Å². The van der Waals surface area contributed by atoms with Gasteiger partial charge in [0.25, 0.3) is 11.9 Å². The zero-order chi connectivity index (χ0) is 16.1. The van der Waals surface area contributed by atoms with Gasteiger partial charge in [-0.05, 0) is 49.5 Å². The molecule has 122 valence electrons. The van der Waals surface area contributed by atoms with E-state index in [1.54, 1.807) is 12.1 Å². The van der Waals surface area contributed by atoms with E-state index >= 15 is 0 Å². The van der Waals surface area contributed by atoms with Crippen LogP contribution in [0.3, 0.4) is 0 Å². The number of ether oxygens (including phenoxy) is 1. The molecule has 1 aromatic carbocycles. The van der Waals surface area contributed by atoms with E-state index in [-0.39, 0.29) is 17.1 Å². The molecular formula is C18H22N2O3. The van der Waals surface area contributed by atoms with Crippen LogP contribution >= 0.6 is 0 Å². The molecule has 0 radical (unpaired) electrons. The molecule has 23 heavy (non-hydrogen) atoms. The summed E-state index contributed by atoms with van der Waals surface area (Å²) in [6.07, 6.45) is 2.13. The van der Waals surface area contributed by atoms with Crippen molar-refractivity contribution in [3.8, 4) is 11.7 Å². The first kappa shape index (κ1) is 15.6. The van der Waals surface area contributed by atoms with E-state index in [0.717, 1.165) is 25.9 Å². The number of hydrogen-bond acceptors (Lipinski definition) is 4. The van der Waals surface area contributed by atoms with Gasteiger partial charge in [0, 0.05) is 12.6 Å². The highest BCUT2D eigenvalue weighted by Crippen LogP contribution is 2.27. The molecule has 0 bridgehead atoms. The minimum Gasteiger partial charge on any atom is -0.426 e. The molecule has 2 heterocycles. The summed E-state index contributed by atoms with van der Waals surface area (Å²) < 4.78 is 11.0. The van der Waals surface area contributed by atoms with Crippen LogP contribution in [0.25, 0.3) is 0 Å². The molecule has 0 spiro atoms. The van der Waals surface area contributed by atoms with Gasteiger partial charge in [-0.1, -0.05) is 25.1 Å².